The molecule has 2 heterocycles. The summed E-state index contributed by atoms with van der Waals surface area (Å²) in [5.74, 6) is -0.823. The molecule has 1 aromatic heterocycles. The molecule has 2 unspecified atom stereocenters. The number of ether oxygens (including phenoxy) is 1. The number of hydrogen-bond donors (Lipinski definition) is 3. The minimum Gasteiger partial charge on any atom is -0.481 e. The Morgan fingerprint density at radius 3 is 2.50 bits per heavy atom. The predicted molar refractivity (Wildman–Crippen MR) is 137 cm³/mol. The largest absolute Gasteiger partial charge is 0.481 e. The molecule has 8 heteroatoms. The summed E-state index contributed by atoms with van der Waals surface area (Å²) >= 11 is 0. The van der Waals surface area contributed by atoms with E-state index in [1.807, 2.05) is 47.4 Å². The maximum Gasteiger partial charge on any atom is 0.311 e. The van der Waals surface area contributed by atoms with Crippen molar-refractivity contribution in [3.05, 3.63) is 59.4 Å². The van der Waals surface area contributed by atoms with Crippen molar-refractivity contribution >= 4 is 22.7 Å². The van der Waals surface area contributed by atoms with E-state index in [-0.39, 0.29) is 24.6 Å². The second-order valence-electron chi connectivity index (χ2n) is 10.2. The van der Waals surface area contributed by atoms with E-state index in [9.17, 15) is 20.1 Å². The molecule has 0 bridgehead atoms. The number of carboxylic acid groups (broad SMARTS) is 1. The second kappa shape index (κ2) is 10.2. The Balaban J connectivity index is 1.64. The number of aliphatic hydroxyl groups excluding tert-OH is 2. The van der Waals surface area contributed by atoms with Crippen LogP contribution >= 0.6 is 0 Å². The van der Waals surface area contributed by atoms with Crippen LogP contribution in [0.2, 0.25) is 0 Å². The third-order valence-corrected chi connectivity index (χ3v) is 7.95. The lowest BCUT2D eigenvalue weighted by molar-refractivity contribution is -0.138. The molecule has 0 saturated heterocycles. The Bertz CT molecular complexity index is 1220. The number of carboxylic acids is 1. The molecule has 3 N–H and O–H groups in total. The lowest BCUT2D eigenvalue weighted by Crippen LogP contribution is -2.45. The van der Waals surface area contributed by atoms with E-state index in [0.29, 0.717) is 0 Å². The van der Waals surface area contributed by atoms with Gasteiger partial charge in [0.1, 0.15) is 5.82 Å². The van der Waals surface area contributed by atoms with Gasteiger partial charge in [-0.25, -0.2) is 4.98 Å². The van der Waals surface area contributed by atoms with E-state index in [2.05, 4.69) is 11.5 Å². The van der Waals surface area contributed by atoms with Crippen molar-refractivity contribution in [3.8, 4) is 0 Å². The summed E-state index contributed by atoms with van der Waals surface area (Å²) in [6.45, 7) is 2.07. The Morgan fingerprint density at radius 1 is 1.11 bits per heavy atom. The Morgan fingerprint density at radius 2 is 1.83 bits per heavy atom. The minimum atomic E-state index is -1.05. The van der Waals surface area contributed by atoms with Crippen molar-refractivity contribution in [1.29, 1.82) is 0 Å². The average Bonchev–Trinajstić information content (AvgIpc) is 3.26. The van der Waals surface area contributed by atoms with Crippen molar-refractivity contribution in [2.24, 2.45) is 0 Å². The highest BCUT2D eigenvalue weighted by Gasteiger charge is 2.33. The number of aliphatic carboxylic acids is 1. The fraction of sp³-hybridized carbons (Fsp3) is 0.500. The predicted octanol–water partition coefficient (Wildman–Crippen LogP) is 3.99. The van der Waals surface area contributed by atoms with Crippen LogP contribution < -0.4 is 4.90 Å². The van der Waals surface area contributed by atoms with Gasteiger partial charge in [-0.1, -0.05) is 30.3 Å². The first-order valence-electron chi connectivity index (χ1n) is 12.9. The van der Waals surface area contributed by atoms with Crippen molar-refractivity contribution in [1.82, 2.24) is 9.55 Å². The highest BCUT2D eigenvalue weighted by molar-refractivity contribution is 5.87. The summed E-state index contributed by atoms with van der Waals surface area (Å²) in [5, 5.41) is 30.8. The number of carbonyl (C=O) groups is 1. The second-order valence-corrected chi connectivity index (χ2v) is 10.2. The normalized spacial score (nSPS) is 23.9. The molecule has 5 rings (SSSR count). The zero-order chi connectivity index (χ0) is 25.4. The minimum absolute atomic E-state index is 0.112. The average molecular weight is 494 g/mol. The van der Waals surface area contributed by atoms with Gasteiger partial charge in [-0.3, -0.25) is 4.79 Å². The maximum atomic E-state index is 12.4. The smallest absolute Gasteiger partial charge is 0.311 e. The van der Waals surface area contributed by atoms with E-state index < -0.39 is 18.3 Å². The Labute approximate surface area is 211 Å². The number of aromatic nitrogens is 2. The molecule has 36 heavy (non-hydrogen) atoms. The van der Waals surface area contributed by atoms with E-state index in [4.69, 9.17) is 9.72 Å². The van der Waals surface area contributed by atoms with Gasteiger partial charge in [0.2, 0.25) is 6.41 Å². The van der Waals surface area contributed by atoms with E-state index in [1.54, 1.807) is 0 Å². The molecule has 0 radical (unpaired) electrons. The number of nitrogens with zero attached hydrogens (tertiary/aromatic N) is 3. The van der Waals surface area contributed by atoms with Gasteiger partial charge in [-0.2, -0.15) is 0 Å². The zero-order valence-corrected chi connectivity index (χ0v) is 20.9. The molecule has 2 aromatic carbocycles. The number of fused-ring (bicyclic) bond motifs is 3. The number of anilines is 1. The summed E-state index contributed by atoms with van der Waals surface area (Å²) in [6, 6.07) is 13.7. The fourth-order valence-electron chi connectivity index (χ4n) is 6.01. The van der Waals surface area contributed by atoms with Crippen LogP contribution in [-0.2, 0) is 22.4 Å². The first-order chi connectivity index (χ1) is 17.4. The van der Waals surface area contributed by atoms with Crippen molar-refractivity contribution in [3.63, 3.8) is 0 Å². The van der Waals surface area contributed by atoms with Gasteiger partial charge in [0.25, 0.3) is 0 Å². The standard InChI is InChI=1S/C28H35N3O5/c1-17-8-13-21-23(30(17)28(35)36-2)14-15-24-26(21)29-25(31(24)19-9-11-20(32)12-10-19)16-22(27(33)34)18-6-4-3-5-7-18/h3-7,14-15,17,19-20,22,28,32,35H,8-13,16H2,1-2H3,(H,33,34)/t17-,19-,20-,22?,28?/m0/s1. The molecule has 8 nitrogen and oxygen atoms in total. The number of rotatable bonds is 7. The van der Waals surface area contributed by atoms with Gasteiger partial charge in [0, 0.05) is 36.9 Å². The number of aliphatic hydroxyl groups is 2. The summed E-state index contributed by atoms with van der Waals surface area (Å²) in [5.41, 5.74) is 4.58. The van der Waals surface area contributed by atoms with E-state index in [0.717, 1.165) is 72.2 Å². The first kappa shape index (κ1) is 24.7. The SMILES string of the molecule is COC(O)N1c2ccc3c(nc(CC(C(=O)O)c4ccccc4)n3[C@H]3CC[C@H](O)CC3)c2CC[C@@H]1C. The molecule has 1 fully saturated rings. The number of aryl methyl sites for hydroxylation is 1. The highest BCUT2D eigenvalue weighted by Crippen LogP contribution is 2.40. The van der Waals surface area contributed by atoms with Crippen molar-refractivity contribution in [2.45, 2.75) is 82.4 Å². The molecule has 3 atom stereocenters. The Hall–Kier alpha value is -2.94. The molecular formula is C28H35N3O5. The number of hydrogen-bond acceptors (Lipinski definition) is 6. The summed E-state index contributed by atoms with van der Waals surface area (Å²) in [7, 11) is 1.49. The van der Waals surface area contributed by atoms with Crippen molar-refractivity contribution in [2.75, 3.05) is 12.0 Å². The quantitative estimate of drug-likeness (QED) is 0.427. The number of imidazole rings is 1. The lowest BCUT2D eigenvalue weighted by Gasteiger charge is -2.39. The van der Waals surface area contributed by atoms with Crippen LogP contribution in [0, 0.1) is 0 Å². The van der Waals surface area contributed by atoms with Crippen LogP contribution in [0.3, 0.4) is 0 Å². The lowest BCUT2D eigenvalue weighted by atomic mass is 9.91. The Kier molecular flexibility index (Phi) is 7.01. The number of methoxy groups -OCH3 is 1. The van der Waals surface area contributed by atoms with Gasteiger partial charge in [0.15, 0.2) is 0 Å². The molecule has 3 aromatic rings. The van der Waals surface area contributed by atoms with Crippen LogP contribution in [0.5, 0.6) is 0 Å². The molecule has 0 spiro atoms. The third-order valence-electron chi connectivity index (χ3n) is 7.95. The fourth-order valence-corrected chi connectivity index (χ4v) is 6.01. The molecule has 1 aliphatic carbocycles. The van der Waals surface area contributed by atoms with Gasteiger partial charge in [0.05, 0.1) is 23.1 Å². The van der Waals surface area contributed by atoms with Gasteiger partial charge >= 0.3 is 5.97 Å². The third kappa shape index (κ3) is 4.49. The van der Waals surface area contributed by atoms with Crippen LogP contribution in [0.15, 0.2) is 42.5 Å². The topological polar surface area (TPSA) is 108 Å². The van der Waals surface area contributed by atoms with Gasteiger partial charge in [-0.05, 0) is 63.1 Å². The van der Waals surface area contributed by atoms with Gasteiger partial charge < -0.3 is 29.5 Å². The monoisotopic (exact) mass is 493 g/mol. The molecular weight excluding hydrogens is 458 g/mol. The summed E-state index contributed by atoms with van der Waals surface area (Å²) in [6.07, 6.45) is 3.72. The van der Waals surface area contributed by atoms with Crippen LogP contribution in [0.25, 0.3) is 11.0 Å². The first-order valence-corrected chi connectivity index (χ1v) is 12.9. The van der Waals surface area contributed by atoms with E-state index in [1.165, 1.54) is 7.11 Å². The molecule has 0 amide bonds. The molecule has 192 valence electrons. The molecule has 1 saturated carbocycles. The molecule has 2 aliphatic rings. The van der Waals surface area contributed by atoms with Crippen LogP contribution in [0.1, 0.15) is 67.9 Å². The summed E-state index contributed by atoms with van der Waals surface area (Å²) in [4.78, 5) is 19.3. The zero-order valence-electron chi connectivity index (χ0n) is 20.9. The van der Waals surface area contributed by atoms with Crippen LogP contribution in [-0.4, -0.2) is 56.5 Å². The van der Waals surface area contributed by atoms with Gasteiger partial charge in [-0.15, -0.1) is 0 Å². The summed E-state index contributed by atoms with van der Waals surface area (Å²) < 4.78 is 7.49. The van der Waals surface area contributed by atoms with E-state index >= 15 is 0 Å². The highest BCUT2D eigenvalue weighted by atomic mass is 16.6. The van der Waals surface area contributed by atoms with Crippen molar-refractivity contribution < 1.29 is 24.9 Å². The number of benzene rings is 2. The maximum absolute atomic E-state index is 12.4. The van der Waals surface area contributed by atoms with Crippen LogP contribution in [0.4, 0.5) is 5.69 Å². The molecule has 1 aliphatic heterocycles.